The lowest BCUT2D eigenvalue weighted by Crippen LogP contribution is -2.56. The van der Waals surface area contributed by atoms with Crippen molar-refractivity contribution in [2.24, 2.45) is 0 Å². The number of fused-ring (bicyclic) bond motifs is 1. The van der Waals surface area contributed by atoms with Gasteiger partial charge in [-0.3, -0.25) is 0 Å². The largest absolute Gasteiger partial charge is 0.354 e. The first-order valence-electron chi connectivity index (χ1n) is 7.99. The lowest BCUT2D eigenvalue weighted by molar-refractivity contribution is 0.456. The normalized spacial score (nSPS) is 20.1. The summed E-state index contributed by atoms with van der Waals surface area (Å²) in [5, 5.41) is 4.28. The third-order valence-electron chi connectivity index (χ3n) is 5.23. The number of nitrogens with zero attached hydrogens (tertiary/aromatic N) is 5. The van der Waals surface area contributed by atoms with Crippen LogP contribution in [0.3, 0.4) is 0 Å². The molecule has 8 heteroatoms. The van der Waals surface area contributed by atoms with E-state index in [0.717, 1.165) is 17.1 Å². The van der Waals surface area contributed by atoms with E-state index < -0.39 is 14.6 Å². The molecule has 0 bridgehead atoms. The van der Waals surface area contributed by atoms with Crippen LogP contribution in [0.15, 0.2) is 6.33 Å². The van der Waals surface area contributed by atoms with Crippen molar-refractivity contribution in [3.63, 3.8) is 0 Å². The summed E-state index contributed by atoms with van der Waals surface area (Å²) in [6, 6.07) is 0. The van der Waals surface area contributed by atoms with Gasteiger partial charge in [0.1, 0.15) is 12.1 Å². The Hall–Kier alpha value is -1.70. The number of aromatic nitrogens is 4. The molecular weight excluding hydrogens is 314 g/mol. The molecular formula is C15H23N5O2S. The molecule has 7 nitrogen and oxygen atoms in total. The smallest absolute Gasteiger partial charge is 0.254 e. The standard InChI is InChI=1S/C15H23N5O2S/c1-5-15(6-2)9-19(7-8-23(15,21)22)13-11(3)12(4)18-14-16-10-17-20(13)14/h10H,5-9H2,1-4H3. The van der Waals surface area contributed by atoms with E-state index in [1.54, 1.807) is 4.52 Å². The molecule has 1 saturated heterocycles. The van der Waals surface area contributed by atoms with Gasteiger partial charge in [-0.05, 0) is 26.7 Å². The van der Waals surface area contributed by atoms with E-state index in [1.165, 1.54) is 6.33 Å². The van der Waals surface area contributed by atoms with Crippen LogP contribution in [0, 0.1) is 13.8 Å². The highest BCUT2D eigenvalue weighted by atomic mass is 32.2. The summed E-state index contributed by atoms with van der Waals surface area (Å²) in [5.74, 6) is 1.63. The molecule has 0 aromatic carbocycles. The van der Waals surface area contributed by atoms with Crippen molar-refractivity contribution in [2.45, 2.75) is 45.3 Å². The van der Waals surface area contributed by atoms with Gasteiger partial charge >= 0.3 is 0 Å². The Morgan fingerprint density at radius 3 is 2.61 bits per heavy atom. The van der Waals surface area contributed by atoms with Crippen LogP contribution < -0.4 is 4.90 Å². The van der Waals surface area contributed by atoms with E-state index in [-0.39, 0.29) is 5.75 Å². The molecule has 0 radical (unpaired) electrons. The van der Waals surface area contributed by atoms with Gasteiger partial charge in [0.2, 0.25) is 0 Å². The van der Waals surface area contributed by atoms with Crippen LogP contribution in [0.1, 0.15) is 37.9 Å². The molecule has 0 saturated carbocycles. The highest BCUT2D eigenvalue weighted by molar-refractivity contribution is 7.92. The monoisotopic (exact) mass is 337 g/mol. The maximum Gasteiger partial charge on any atom is 0.254 e. The zero-order chi connectivity index (χ0) is 16.8. The molecule has 2 aromatic heterocycles. The quantitative estimate of drug-likeness (QED) is 0.845. The predicted molar refractivity (Wildman–Crippen MR) is 89.6 cm³/mol. The van der Waals surface area contributed by atoms with Crippen LogP contribution in [0.2, 0.25) is 0 Å². The number of anilines is 1. The van der Waals surface area contributed by atoms with Gasteiger partial charge in [0.25, 0.3) is 5.78 Å². The fourth-order valence-electron chi connectivity index (χ4n) is 3.45. The molecule has 2 aromatic rings. The van der Waals surface area contributed by atoms with Crippen molar-refractivity contribution >= 4 is 21.4 Å². The van der Waals surface area contributed by atoms with E-state index in [2.05, 4.69) is 20.0 Å². The Labute approximate surface area is 136 Å². The molecule has 1 aliphatic heterocycles. The first kappa shape index (κ1) is 16.2. The molecule has 0 amide bonds. The summed E-state index contributed by atoms with van der Waals surface area (Å²) in [6.45, 7) is 8.83. The van der Waals surface area contributed by atoms with Gasteiger partial charge in [-0.15, -0.1) is 0 Å². The number of sulfone groups is 1. The van der Waals surface area contributed by atoms with E-state index in [9.17, 15) is 8.42 Å². The topological polar surface area (TPSA) is 80.5 Å². The summed E-state index contributed by atoms with van der Waals surface area (Å²) >= 11 is 0. The predicted octanol–water partition coefficient (Wildman–Crippen LogP) is 1.53. The molecule has 1 fully saturated rings. The summed E-state index contributed by atoms with van der Waals surface area (Å²) in [4.78, 5) is 10.8. The van der Waals surface area contributed by atoms with E-state index in [4.69, 9.17) is 0 Å². The van der Waals surface area contributed by atoms with Gasteiger partial charge in [-0.25, -0.2) is 13.4 Å². The molecule has 3 heterocycles. The molecule has 126 valence electrons. The van der Waals surface area contributed by atoms with Crippen LogP contribution in [0.25, 0.3) is 5.78 Å². The third kappa shape index (κ3) is 2.31. The molecule has 3 rings (SSSR count). The average Bonchev–Trinajstić information content (AvgIpc) is 2.97. The summed E-state index contributed by atoms with van der Waals surface area (Å²) < 4.78 is 26.3. The van der Waals surface area contributed by atoms with Crippen LogP contribution in [-0.2, 0) is 9.84 Å². The highest BCUT2D eigenvalue weighted by Gasteiger charge is 2.46. The van der Waals surface area contributed by atoms with Crippen LogP contribution in [-0.4, -0.2) is 51.6 Å². The zero-order valence-electron chi connectivity index (χ0n) is 14.1. The Balaban J connectivity index is 2.14. The fourth-order valence-corrected chi connectivity index (χ4v) is 5.58. The van der Waals surface area contributed by atoms with E-state index >= 15 is 0 Å². The number of hydrogen-bond donors (Lipinski definition) is 0. The molecule has 0 atom stereocenters. The first-order chi connectivity index (χ1) is 10.8. The molecule has 1 aliphatic rings. The highest BCUT2D eigenvalue weighted by Crippen LogP contribution is 2.35. The molecule has 0 unspecified atom stereocenters. The van der Waals surface area contributed by atoms with Gasteiger partial charge in [-0.1, -0.05) is 13.8 Å². The number of aryl methyl sites for hydroxylation is 1. The van der Waals surface area contributed by atoms with Crippen molar-refractivity contribution in [1.29, 1.82) is 0 Å². The fraction of sp³-hybridized carbons (Fsp3) is 0.667. The Bertz CT molecular complexity index is 839. The summed E-state index contributed by atoms with van der Waals surface area (Å²) in [7, 11) is -3.09. The van der Waals surface area contributed by atoms with Crippen LogP contribution >= 0.6 is 0 Å². The van der Waals surface area contributed by atoms with Crippen molar-refractivity contribution < 1.29 is 8.42 Å². The van der Waals surface area contributed by atoms with Gasteiger partial charge in [0.15, 0.2) is 9.84 Å². The van der Waals surface area contributed by atoms with Gasteiger partial charge in [0.05, 0.1) is 10.5 Å². The second-order valence-electron chi connectivity index (χ2n) is 6.25. The third-order valence-corrected chi connectivity index (χ3v) is 7.98. The Morgan fingerprint density at radius 1 is 1.26 bits per heavy atom. The van der Waals surface area contributed by atoms with Crippen molar-refractivity contribution in [1.82, 2.24) is 19.6 Å². The summed E-state index contributed by atoms with van der Waals surface area (Å²) in [6.07, 6.45) is 2.72. The minimum absolute atomic E-state index is 0.172. The first-order valence-corrected chi connectivity index (χ1v) is 9.64. The van der Waals surface area contributed by atoms with Crippen LogP contribution in [0.4, 0.5) is 5.82 Å². The van der Waals surface area contributed by atoms with E-state index in [1.807, 2.05) is 27.7 Å². The summed E-state index contributed by atoms with van der Waals surface area (Å²) in [5.41, 5.74) is 1.91. The Morgan fingerprint density at radius 2 is 1.96 bits per heavy atom. The maximum absolute atomic E-state index is 12.6. The van der Waals surface area contributed by atoms with Crippen LogP contribution in [0.5, 0.6) is 0 Å². The minimum atomic E-state index is -3.09. The molecule has 23 heavy (non-hydrogen) atoms. The minimum Gasteiger partial charge on any atom is -0.354 e. The lowest BCUT2D eigenvalue weighted by Gasteiger charge is -2.42. The number of rotatable bonds is 3. The average molecular weight is 337 g/mol. The number of hydrogen-bond acceptors (Lipinski definition) is 6. The molecule has 0 N–H and O–H groups in total. The second kappa shape index (κ2) is 5.43. The molecule has 0 spiro atoms. The SMILES string of the molecule is CCC1(CC)CN(c2c(C)c(C)nc3ncnn23)CCS1(=O)=O. The van der Waals surface area contributed by atoms with Gasteiger partial charge in [0, 0.05) is 24.3 Å². The van der Waals surface area contributed by atoms with Gasteiger partial charge < -0.3 is 4.90 Å². The maximum atomic E-state index is 12.6. The Kier molecular flexibility index (Phi) is 3.82. The van der Waals surface area contributed by atoms with Crippen molar-refractivity contribution in [3.05, 3.63) is 17.6 Å². The van der Waals surface area contributed by atoms with Gasteiger partial charge in [-0.2, -0.15) is 14.6 Å². The zero-order valence-corrected chi connectivity index (χ0v) is 14.9. The van der Waals surface area contributed by atoms with Crippen molar-refractivity contribution in [2.75, 3.05) is 23.7 Å². The van der Waals surface area contributed by atoms with E-state index in [0.29, 0.717) is 31.7 Å². The van der Waals surface area contributed by atoms with Crippen molar-refractivity contribution in [3.8, 4) is 0 Å². The molecule has 0 aliphatic carbocycles. The second-order valence-corrected chi connectivity index (χ2v) is 8.75. The lowest BCUT2D eigenvalue weighted by atomic mass is 10.0.